The van der Waals surface area contributed by atoms with Gasteiger partial charge >= 0.3 is 5.97 Å². The van der Waals surface area contributed by atoms with Gasteiger partial charge in [-0.15, -0.1) is 11.8 Å². The Bertz CT molecular complexity index is 1030. The van der Waals surface area contributed by atoms with Crippen molar-refractivity contribution in [1.82, 2.24) is 0 Å². The smallest absolute Gasteiger partial charge is 0.306 e. The molecule has 0 amide bonds. The van der Waals surface area contributed by atoms with Crippen molar-refractivity contribution < 1.29 is 14.7 Å². The number of carboxylic acids is 1. The third kappa shape index (κ3) is 8.18. The fourth-order valence-corrected chi connectivity index (χ4v) is 4.90. The molecule has 0 saturated carbocycles. The highest BCUT2D eigenvalue weighted by molar-refractivity contribution is 7.99. The summed E-state index contributed by atoms with van der Waals surface area (Å²) in [5, 5.41) is 9.61. The van der Waals surface area contributed by atoms with E-state index in [0.717, 1.165) is 29.7 Å². The van der Waals surface area contributed by atoms with Crippen LogP contribution >= 0.6 is 11.8 Å². The molecule has 3 nitrogen and oxygen atoms in total. The third-order valence-electron chi connectivity index (χ3n) is 6.05. The van der Waals surface area contributed by atoms with Gasteiger partial charge in [-0.25, -0.2) is 0 Å². The first-order valence-corrected chi connectivity index (χ1v) is 13.2. The van der Waals surface area contributed by atoms with Crippen molar-refractivity contribution in [3.63, 3.8) is 0 Å². The molecule has 0 aliphatic rings. The molecular formula is C30H34O3S. The van der Waals surface area contributed by atoms with E-state index >= 15 is 0 Å². The number of benzene rings is 3. The number of hydrogen-bond donors (Lipinski definition) is 1. The van der Waals surface area contributed by atoms with Gasteiger partial charge in [0.25, 0.3) is 0 Å². The molecule has 0 aromatic heterocycles. The summed E-state index contributed by atoms with van der Waals surface area (Å²) in [4.78, 5) is 25.8. The second kappa shape index (κ2) is 13.8. The quantitative estimate of drug-likeness (QED) is 0.146. The van der Waals surface area contributed by atoms with Crippen molar-refractivity contribution in [1.29, 1.82) is 0 Å². The monoisotopic (exact) mass is 474 g/mol. The molecule has 1 atom stereocenters. The predicted octanol–water partition coefficient (Wildman–Crippen LogP) is 7.93. The zero-order valence-corrected chi connectivity index (χ0v) is 20.7. The highest BCUT2D eigenvalue weighted by atomic mass is 32.2. The number of carbonyl (C=O) groups is 2. The maximum Gasteiger partial charge on any atom is 0.306 e. The average molecular weight is 475 g/mol. The third-order valence-corrected chi connectivity index (χ3v) is 7.15. The van der Waals surface area contributed by atoms with Crippen molar-refractivity contribution in [2.45, 2.75) is 56.8 Å². The largest absolute Gasteiger partial charge is 0.481 e. The summed E-state index contributed by atoms with van der Waals surface area (Å²) in [5.41, 5.74) is 3.93. The van der Waals surface area contributed by atoms with Crippen LogP contribution in [0.5, 0.6) is 0 Å². The van der Waals surface area contributed by atoms with Crippen molar-refractivity contribution in [3.05, 3.63) is 90.0 Å². The molecule has 3 aromatic carbocycles. The Kier molecular flexibility index (Phi) is 10.4. The van der Waals surface area contributed by atoms with E-state index in [0.29, 0.717) is 12.0 Å². The van der Waals surface area contributed by atoms with Crippen LogP contribution in [0.15, 0.2) is 83.8 Å². The first-order valence-electron chi connectivity index (χ1n) is 12.2. The van der Waals surface area contributed by atoms with Gasteiger partial charge in [-0.3, -0.25) is 9.59 Å². The van der Waals surface area contributed by atoms with Crippen LogP contribution in [0.25, 0.3) is 11.1 Å². The van der Waals surface area contributed by atoms with Gasteiger partial charge in [-0.1, -0.05) is 86.5 Å². The molecule has 0 heterocycles. The number of aryl methyl sites for hydroxylation is 1. The maximum atomic E-state index is 12.8. The van der Waals surface area contributed by atoms with Gasteiger partial charge < -0.3 is 5.11 Å². The molecule has 0 saturated heterocycles. The fraction of sp³-hybridized carbons (Fsp3) is 0.333. The molecule has 4 heteroatoms. The minimum atomic E-state index is -0.898. The molecule has 0 bridgehead atoms. The summed E-state index contributed by atoms with van der Waals surface area (Å²) in [6.45, 7) is 2.22. The number of rotatable bonds is 14. The number of thioether (sulfide) groups is 1. The fourth-order valence-electron chi connectivity index (χ4n) is 3.99. The van der Waals surface area contributed by atoms with Gasteiger partial charge in [0.1, 0.15) is 0 Å². The van der Waals surface area contributed by atoms with Crippen LogP contribution in [0.2, 0.25) is 0 Å². The highest BCUT2D eigenvalue weighted by Gasteiger charge is 2.21. The van der Waals surface area contributed by atoms with Gasteiger partial charge in [-0.2, -0.15) is 0 Å². The van der Waals surface area contributed by atoms with E-state index in [-0.39, 0.29) is 12.2 Å². The summed E-state index contributed by atoms with van der Waals surface area (Å²) in [5.74, 6) is -0.519. The molecule has 3 rings (SSSR count). The first-order chi connectivity index (χ1) is 16.6. The van der Waals surface area contributed by atoms with Crippen LogP contribution in [0.3, 0.4) is 0 Å². The molecule has 0 aliphatic carbocycles. The maximum absolute atomic E-state index is 12.8. The Morgan fingerprint density at radius 3 is 2.09 bits per heavy atom. The predicted molar refractivity (Wildman–Crippen MR) is 142 cm³/mol. The molecule has 0 spiro atoms. The van der Waals surface area contributed by atoms with Crippen molar-refractivity contribution >= 4 is 23.5 Å². The number of aliphatic carboxylic acids is 1. The van der Waals surface area contributed by atoms with E-state index in [9.17, 15) is 14.7 Å². The van der Waals surface area contributed by atoms with Gasteiger partial charge in [0.15, 0.2) is 5.78 Å². The topological polar surface area (TPSA) is 54.4 Å². The Hall–Kier alpha value is -2.85. The summed E-state index contributed by atoms with van der Waals surface area (Å²) in [7, 11) is 0. The lowest BCUT2D eigenvalue weighted by Gasteiger charge is -2.12. The number of hydrogen-bond acceptors (Lipinski definition) is 3. The Balaban J connectivity index is 1.53. The number of carbonyl (C=O) groups excluding carboxylic acids is 1. The molecule has 3 aromatic rings. The highest BCUT2D eigenvalue weighted by Crippen LogP contribution is 2.26. The lowest BCUT2D eigenvalue weighted by molar-refractivity contribution is -0.141. The summed E-state index contributed by atoms with van der Waals surface area (Å²) in [6.07, 6.45) is 5.86. The van der Waals surface area contributed by atoms with E-state index < -0.39 is 11.9 Å². The van der Waals surface area contributed by atoms with Crippen molar-refractivity contribution in [2.75, 3.05) is 5.75 Å². The number of unbranched alkanes of at least 4 members (excludes halogenated alkanes) is 2. The standard InChI is InChI=1S/C30H34O3S/c1-2-3-7-21-34-28-19-17-25(18-20-28)24-13-15-26(16-14-24)29(31)22-27(30(32)33)12-8-11-23-9-5-4-6-10-23/h4-6,9-10,13-20,27H,2-3,7-8,11-12,21-22H2,1H3,(H,32,33). The number of Topliss-reactive ketones (excluding diaryl/α,β-unsaturated/α-hetero) is 1. The Morgan fingerprint density at radius 1 is 0.824 bits per heavy atom. The second-order valence-corrected chi connectivity index (χ2v) is 9.87. The van der Waals surface area contributed by atoms with E-state index in [1.165, 1.54) is 29.7 Å². The van der Waals surface area contributed by atoms with Crippen LogP contribution in [-0.2, 0) is 11.2 Å². The number of ketones is 1. The van der Waals surface area contributed by atoms with E-state index in [1.807, 2.05) is 66.4 Å². The minimum Gasteiger partial charge on any atom is -0.481 e. The van der Waals surface area contributed by atoms with Gasteiger partial charge in [0.2, 0.25) is 0 Å². The summed E-state index contributed by atoms with van der Waals surface area (Å²) < 4.78 is 0. The zero-order chi connectivity index (χ0) is 24.2. The lowest BCUT2D eigenvalue weighted by atomic mass is 9.92. The molecule has 0 fully saturated rings. The van der Waals surface area contributed by atoms with E-state index in [4.69, 9.17) is 0 Å². The SMILES string of the molecule is CCCCCSc1ccc(-c2ccc(C(=O)CC(CCCc3ccccc3)C(=O)O)cc2)cc1. The summed E-state index contributed by atoms with van der Waals surface area (Å²) >= 11 is 1.89. The lowest BCUT2D eigenvalue weighted by Crippen LogP contribution is -2.18. The van der Waals surface area contributed by atoms with Gasteiger partial charge in [0.05, 0.1) is 5.92 Å². The van der Waals surface area contributed by atoms with Crippen LogP contribution in [-0.4, -0.2) is 22.6 Å². The van der Waals surface area contributed by atoms with Crippen LogP contribution < -0.4 is 0 Å². The Morgan fingerprint density at radius 2 is 1.47 bits per heavy atom. The normalized spacial score (nSPS) is 11.8. The molecule has 0 radical (unpaired) electrons. The molecule has 34 heavy (non-hydrogen) atoms. The van der Waals surface area contributed by atoms with E-state index in [2.05, 4.69) is 31.2 Å². The zero-order valence-electron chi connectivity index (χ0n) is 19.9. The van der Waals surface area contributed by atoms with Crippen LogP contribution in [0, 0.1) is 5.92 Å². The number of carboxylic acid groups (broad SMARTS) is 1. The Labute approximate surface area is 207 Å². The van der Waals surface area contributed by atoms with Crippen LogP contribution in [0.4, 0.5) is 0 Å². The average Bonchev–Trinajstić information content (AvgIpc) is 2.87. The molecule has 0 aliphatic heterocycles. The molecular weight excluding hydrogens is 440 g/mol. The minimum absolute atomic E-state index is 0.0351. The molecule has 178 valence electrons. The molecule has 1 N–H and O–H groups in total. The second-order valence-electron chi connectivity index (χ2n) is 8.70. The van der Waals surface area contributed by atoms with Crippen LogP contribution in [0.1, 0.15) is 61.4 Å². The first kappa shape index (κ1) is 25.8. The van der Waals surface area contributed by atoms with E-state index in [1.54, 1.807) is 0 Å². The van der Waals surface area contributed by atoms with Crippen molar-refractivity contribution in [2.24, 2.45) is 5.92 Å². The summed E-state index contributed by atoms with van der Waals surface area (Å²) in [6, 6.07) is 26.1. The molecule has 1 unspecified atom stereocenters. The van der Waals surface area contributed by atoms with Crippen molar-refractivity contribution in [3.8, 4) is 11.1 Å². The van der Waals surface area contributed by atoms with Gasteiger partial charge in [-0.05, 0) is 60.3 Å². The van der Waals surface area contributed by atoms with Gasteiger partial charge in [0, 0.05) is 16.9 Å².